The maximum Gasteiger partial charge on any atom is 0.0755 e. The van der Waals surface area contributed by atoms with Crippen molar-refractivity contribution in [1.29, 1.82) is 0 Å². The zero-order valence-electron chi connectivity index (χ0n) is 7.38. The number of unbranched alkanes of at least 4 members (excludes halogenated alkanes) is 1. The third kappa shape index (κ3) is 3.57. The minimum Gasteiger partial charge on any atom is -0.374 e. The van der Waals surface area contributed by atoms with Crippen LogP contribution in [0.3, 0.4) is 0 Å². The van der Waals surface area contributed by atoms with Crippen LogP contribution >= 0.6 is 0 Å². The third-order valence-electron chi connectivity index (χ3n) is 2.02. The summed E-state index contributed by atoms with van der Waals surface area (Å²) in [6.45, 7) is 3.16. The number of rotatable bonds is 3. The van der Waals surface area contributed by atoms with Crippen LogP contribution in [0.4, 0.5) is 0 Å². The highest BCUT2D eigenvalue weighted by Gasteiger charge is 2.08. The SMILES string of the molecule is CCC/C=C/[C@@H]1CCCCO1. The van der Waals surface area contributed by atoms with Crippen molar-refractivity contribution in [1.82, 2.24) is 0 Å². The second-order valence-corrected chi connectivity index (χ2v) is 3.12. The molecular weight excluding hydrogens is 136 g/mol. The van der Waals surface area contributed by atoms with Gasteiger partial charge in [-0.3, -0.25) is 0 Å². The lowest BCUT2D eigenvalue weighted by molar-refractivity contribution is 0.0464. The Bertz CT molecular complexity index is 112. The molecule has 1 aliphatic rings. The molecule has 0 spiro atoms. The van der Waals surface area contributed by atoms with Crippen LogP contribution in [0.2, 0.25) is 0 Å². The van der Waals surface area contributed by atoms with E-state index in [4.69, 9.17) is 4.74 Å². The fourth-order valence-electron chi connectivity index (χ4n) is 1.33. The van der Waals surface area contributed by atoms with Crippen molar-refractivity contribution in [2.24, 2.45) is 0 Å². The molecule has 1 nitrogen and oxygen atoms in total. The quantitative estimate of drug-likeness (QED) is 0.568. The smallest absolute Gasteiger partial charge is 0.0755 e. The Kier molecular flexibility index (Phi) is 4.29. The summed E-state index contributed by atoms with van der Waals surface area (Å²) >= 11 is 0. The van der Waals surface area contributed by atoms with E-state index in [1.54, 1.807) is 0 Å². The first-order valence-electron chi connectivity index (χ1n) is 4.71. The summed E-state index contributed by atoms with van der Waals surface area (Å²) in [7, 11) is 0. The van der Waals surface area contributed by atoms with Gasteiger partial charge in [0, 0.05) is 6.61 Å². The van der Waals surface area contributed by atoms with E-state index in [1.165, 1.54) is 32.1 Å². The molecule has 1 rings (SSSR count). The molecule has 1 atom stereocenters. The molecule has 64 valence electrons. The van der Waals surface area contributed by atoms with E-state index in [0.717, 1.165) is 6.61 Å². The summed E-state index contributed by atoms with van der Waals surface area (Å²) in [5.41, 5.74) is 0. The standard InChI is InChI=1S/C10H18O/c1-2-3-4-7-10-8-5-6-9-11-10/h4,7,10H,2-3,5-6,8-9H2,1H3/b7-4+/t10-/m1/s1. The van der Waals surface area contributed by atoms with Crippen molar-refractivity contribution in [3.05, 3.63) is 12.2 Å². The van der Waals surface area contributed by atoms with Gasteiger partial charge in [-0.1, -0.05) is 25.5 Å². The maximum absolute atomic E-state index is 5.54. The maximum atomic E-state index is 5.54. The molecule has 0 N–H and O–H groups in total. The van der Waals surface area contributed by atoms with Crippen molar-refractivity contribution in [2.75, 3.05) is 6.61 Å². The number of hydrogen-bond acceptors (Lipinski definition) is 1. The summed E-state index contributed by atoms with van der Waals surface area (Å²) in [4.78, 5) is 0. The Morgan fingerprint density at radius 2 is 2.36 bits per heavy atom. The molecule has 1 aliphatic heterocycles. The molecule has 0 aromatic carbocycles. The van der Waals surface area contributed by atoms with Gasteiger partial charge in [0.25, 0.3) is 0 Å². The summed E-state index contributed by atoms with van der Waals surface area (Å²) in [5.74, 6) is 0. The van der Waals surface area contributed by atoms with Gasteiger partial charge in [0.2, 0.25) is 0 Å². The van der Waals surface area contributed by atoms with E-state index in [9.17, 15) is 0 Å². The van der Waals surface area contributed by atoms with Gasteiger partial charge >= 0.3 is 0 Å². The van der Waals surface area contributed by atoms with E-state index in [2.05, 4.69) is 19.1 Å². The van der Waals surface area contributed by atoms with Crippen LogP contribution in [-0.4, -0.2) is 12.7 Å². The zero-order valence-corrected chi connectivity index (χ0v) is 7.38. The van der Waals surface area contributed by atoms with Gasteiger partial charge in [0.1, 0.15) is 0 Å². The van der Waals surface area contributed by atoms with Crippen LogP contribution in [0.5, 0.6) is 0 Å². The van der Waals surface area contributed by atoms with Gasteiger partial charge in [-0.25, -0.2) is 0 Å². The first-order valence-corrected chi connectivity index (χ1v) is 4.71. The van der Waals surface area contributed by atoms with E-state index in [1.807, 2.05) is 0 Å². The molecule has 0 radical (unpaired) electrons. The molecular formula is C10H18O. The average Bonchev–Trinajstić information content (AvgIpc) is 2.07. The molecule has 0 unspecified atom stereocenters. The van der Waals surface area contributed by atoms with Crippen LogP contribution in [0.25, 0.3) is 0 Å². The molecule has 1 saturated heterocycles. The molecule has 0 bridgehead atoms. The van der Waals surface area contributed by atoms with Gasteiger partial charge < -0.3 is 4.74 Å². The second-order valence-electron chi connectivity index (χ2n) is 3.12. The van der Waals surface area contributed by atoms with Crippen molar-refractivity contribution in [2.45, 2.75) is 45.1 Å². The first kappa shape index (κ1) is 8.79. The number of hydrogen-bond donors (Lipinski definition) is 0. The van der Waals surface area contributed by atoms with Crippen molar-refractivity contribution in [3.8, 4) is 0 Å². The van der Waals surface area contributed by atoms with Crippen molar-refractivity contribution in [3.63, 3.8) is 0 Å². The lowest BCUT2D eigenvalue weighted by atomic mass is 10.1. The molecule has 0 aromatic heterocycles. The minimum atomic E-state index is 0.426. The van der Waals surface area contributed by atoms with E-state index >= 15 is 0 Å². The molecule has 0 saturated carbocycles. The Labute approximate surface area is 69.4 Å². The van der Waals surface area contributed by atoms with Crippen molar-refractivity contribution < 1.29 is 4.74 Å². The van der Waals surface area contributed by atoms with Crippen LogP contribution < -0.4 is 0 Å². The minimum absolute atomic E-state index is 0.426. The topological polar surface area (TPSA) is 9.23 Å². The van der Waals surface area contributed by atoms with Crippen LogP contribution in [-0.2, 0) is 4.74 Å². The molecule has 0 amide bonds. The lowest BCUT2D eigenvalue weighted by Crippen LogP contribution is -2.16. The number of ether oxygens (including phenoxy) is 1. The molecule has 1 fully saturated rings. The molecule has 1 heterocycles. The molecule has 11 heavy (non-hydrogen) atoms. The normalized spacial score (nSPS) is 26.1. The lowest BCUT2D eigenvalue weighted by Gasteiger charge is -2.19. The summed E-state index contributed by atoms with van der Waals surface area (Å²) in [5, 5.41) is 0. The van der Waals surface area contributed by atoms with Crippen LogP contribution in [0, 0.1) is 0 Å². The Hall–Kier alpha value is -0.300. The Morgan fingerprint density at radius 1 is 1.45 bits per heavy atom. The van der Waals surface area contributed by atoms with Crippen molar-refractivity contribution >= 4 is 0 Å². The first-order chi connectivity index (χ1) is 5.43. The highest BCUT2D eigenvalue weighted by molar-refractivity contribution is 4.90. The Morgan fingerprint density at radius 3 is 3.00 bits per heavy atom. The summed E-state index contributed by atoms with van der Waals surface area (Å²) in [6.07, 6.45) is 11.1. The zero-order chi connectivity index (χ0) is 7.94. The van der Waals surface area contributed by atoms with Gasteiger partial charge in [-0.15, -0.1) is 0 Å². The molecule has 0 aromatic rings. The monoisotopic (exact) mass is 154 g/mol. The predicted octanol–water partition coefficient (Wildman–Crippen LogP) is 2.91. The van der Waals surface area contributed by atoms with Gasteiger partial charge in [0.15, 0.2) is 0 Å². The highest BCUT2D eigenvalue weighted by Crippen LogP contribution is 2.13. The van der Waals surface area contributed by atoms with Gasteiger partial charge in [-0.2, -0.15) is 0 Å². The summed E-state index contributed by atoms with van der Waals surface area (Å²) < 4.78 is 5.54. The third-order valence-corrected chi connectivity index (χ3v) is 2.02. The molecule has 1 heteroatoms. The van der Waals surface area contributed by atoms with Gasteiger partial charge in [0.05, 0.1) is 6.10 Å². The van der Waals surface area contributed by atoms with E-state index < -0.39 is 0 Å². The van der Waals surface area contributed by atoms with Crippen LogP contribution in [0.15, 0.2) is 12.2 Å². The Balaban J connectivity index is 2.13. The number of allylic oxidation sites excluding steroid dienone is 1. The molecule has 0 aliphatic carbocycles. The highest BCUT2D eigenvalue weighted by atomic mass is 16.5. The fourth-order valence-corrected chi connectivity index (χ4v) is 1.33. The van der Waals surface area contributed by atoms with E-state index in [-0.39, 0.29) is 0 Å². The van der Waals surface area contributed by atoms with E-state index in [0.29, 0.717) is 6.10 Å². The summed E-state index contributed by atoms with van der Waals surface area (Å²) in [6, 6.07) is 0. The van der Waals surface area contributed by atoms with Gasteiger partial charge in [-0.05, 0) is 25.7 Å². The average molecular weight is 154 g/mol. The second kappa shape index (κ2) is 5.36. The largest absolute Gasteiger partial charge is 0.374 e. The predicted molar refractivity (Wildman–Crippen MR) is 47.6 cm³/mol. The fraction of sp³-hybridized carbons (Fsp3) is 0.800. The van der Waals surface area contributed by atoms with Crippen LogP contribution in [0.1, 0.15) is 39.0 Å².